The molecule has 0 radical (unpaired) electrons. The zero-order valence-electron chi connectivity index (χ0n) is 13.2. The Balaban J connectivity index is 2.00. The lowest BCUT2D eigenvalue weighted by Crippen LogP contribution is -2.53. The van der Waals surface area contributed by atoms with E-state index in [0.29, 0.717) is 6.04 Å². The molecule has 2 aromatic heterocycles. The fraction of sp³-hybridized carbons (Fsp3) is 0.667. The first-order valence-corrected chi connectivity index (χ1v) is 8.40. The molecule has 0 spiro atoms. The summed E-state index contributed by atoms with van der Waals surface area (Å²) in [5, 5.41) is 5.62. The van der Waals surface area contributed by atoms with Crippen LogP contribution >= 0.6 is 11.3 Å². The number of fused-ring (bicyclic) bond motifs is 1. The van der Waals surface area contributed by atoms with Crippen molar-refractivity contribution in [3.63, 3.8) is 0 Å². The van der Waals surface area contributed by atoms with E-state index in [2.05, 4.69) is 53.9 Å². The first kappa shape index (κ1) is 14.8. The first-order valence-electron chi connectivity index (χ1n) is 7.52. The molecule has 0 amide bonds. The maximum atomic E-state index is 5.64. The van der Waals surface area contributed by atoms with Gasteiger partial charge in [0.25, 0.3) is 0 Å². The van der Waals surface area contributed by atoms with E-state index in [9.17, 15) is 0 Å². The second-order valence-electron chi connectivity index (χ2n) is 6.49. The molecule has 116 valence electrons. The van der Waals surface area contributed by atoms with Gasteiger partial charge in [0.2, 0.25) is 0 Å². The number of nitrogens with one attached hydrogen (secondary N) is 1. The highest BCUT2D eigenvalue weighted by Crippen LogP contribution is 2.31. The monoisotopic (exact) mass is 308 g/mol. The number of aromatic nitrogens is 2. The summed E-state index contributed by atoms with van der Waals surface area (Å²) in [6.45, 7) is 12.0. The van der Waals surface area contributed by atoms with Crippen LogP contribution in [0, 0.1) is 0 Å². The van der Waals surface area contributed by atoms with Crippen molar-refractivity contribution in [3.05, 3.63) is 17.3 Å². The highest BCUT2D eigenvalue weighted by molar-refractivity contribution is 7.15. The summed E-state index contributed by atoms with van der Waals surface area (Å²) in [4.78, 5) is 8.34. The van der Waals surface area contributed by atoms with E-state index in [-0.39, 0.29) is 5.54 Å². The van der Waals surface area contributed by atoms with Crippen molar-refractivity contribution in [3.8, 4) is 0 Å². The predicted molar refractivity (Wildman–Crippen MR) is 87.3 cm³/mol. The third-order valence-electron chi connectivity index (χ3n) is 3.92. The Morgan fingerprint density at radius 2 is 2.29 bits per heavy atom. The minimum Gasteiger partial charge on any atom is -0.377 e. The molecule has 1 fully saturated rings. The average Bonchev–Trinajstić information content (AvgIpc) is 2.96. The molecule has 3 rings (SSSR count). The summed E-state index contributed by atoms with van der Waals surface area (Å²) in [7, 11) is 0. The Hall–Kier alpha value is -1.11. The molecule has 6 heteroatoms. The van der Waals surface area contributed by atoms with E-state index in [1.165, 1.54) is 5.69 Å². The molecular weight excluding hydrogens is 284 g/mol. The summed E-state index contributed by atoms with van der Waals surface area (Å²) in [6, 6.07) is 0.458. The molecule has 0 bridgehead atoms. The van der Waals surface area contributed by atoms with Crippen LogP contribution < -0.4 is 10.2 Å². The van der Waals surface area contributed by atoms with Crippen molar-refractivity contribution >= 4 is 22.1 Å². The Kier molecular flexibility index (Phi) is 3.94. The van der Waals surface area contributed by atoms with Crippen LogP contribution in [0.4, 0.5) is 5.82 Å². The number of nitrogens with zero attached hydrogens (tertiary/aromatic N) is 3. The van der Waals surface area contributed by atoms with Gasteiger partial charge in [0.05, 0.1) is 24.4 Å². The molecule has 1 N–H and O–H groups in total. The van der Waals surface area contributed by atoms with Crippen LogP contribution in [0.5, 0.6) is 0 Å². The highest BCUT2D eigenvalue weighted by Gasteiger charge is 2.34. The van der Waals surface area contributed by atoms with Crippen LogP contribution in [-0.4, -0.2) is 40.7 Å². The molecular formula is C15H24N4OS. The zero-order valence-corrected chi connectivity index (χ0v) is 14.0. The molecule has 0 aliphatic carbocycles. The molecule has 0 atom stereocenters. The molecule has 1 saturated heterocycles. The van der Waals surface area contributed by atoms with Gasteiger partial charge < -0.3 is 15.0 Å². The van der Waals surface area contributed by atoms with Gasteiger partial charge in [0, 0.05) is 30.7 Å². The number of anilines is 1. The quantitative estimate of drug-likeness (QED) is 0.942. The van der Waals surface area contributed by atoms with Crippen molar-refractivity contribution in [1.29, 1.82) is 0 Å². The van der Waals surface area contributed by atoms with Crippen LogP contribution in [0.3, 0.4) is 0 Å². The van der Waals surface area contributed by atoms with E-state index in [0.717, 1.165) is 37.1 Å². The number of hydrogen-bond donors (Lipinski definition) is 1. The van der Waals surface area contributed by atoms with E-state index in [1.807, 2.05) is 0 Å². The van der Waals surface area contributed by atoms with E-state index in [4.69, 9.17) is 9.72 Å². The summed E-state index contributed by atoms with van der Waals surface area (Å²) in [5.74, 6) is 1.10. The second-order valence-corrected chi connectivity index (χ2v) is 7.36. The summed E-state index contributed by atoms with van der Waals surface area (Å²) in [6.07, 6.45) is 2.11. The van der Waals surface area contributed by atoms with E-state index in [1.54, 1.807) is 11.3 Å². The van der Waals surface area contributed by atoms with E-state index >= 15 is 0 Å². The Bertz CT molecular complexity index is 616. The highest BCUT2D eigenvalue weighted by atomic mass is 32.1. The van der Waals surface area contributed by atoms with Gasteiger partial charge in [-0.25, -0.2) is 4.98 Å². The summed E-state index contributed by atoms with van der Waals surface area (Å²) in [5.41, 5.74) is 1.23. The molecule has 0 unspecified atom stereocenters. The SMILES string of the molecule is CC(C)NCc1c(N2CCOCC2(C)C)nc2sccn12. The third kappa shape index (κ3) is 2.80. The van der Waals surface area contributed by atoms with Crippen LogP contribution in [-0.2, 0) is 11.3 Å². The van der Waals surface area contributed by atoms with Crippen LogP contribution in [0.1, 0.15) is 33.4 Å². The maximum Gasteiger partial charge on any atom is 0.195 e. The van der Waals surface area contributed by atoms with Gasteiger partial charge in [-0.05, 0) is 13.8 Å². The average molecular weight is 308 g/mol. The van der Waals surface area contributed by atoms with Crippen molar-refractivity contribution in [2.24, 2.45) is 0 Å². The molecule has 1 aliphatic heterocycles. The molecule has 3 heterocycles. The fourth-order valence-electron chi connectivity index (χ4n) is 2.75. The van der Waals surface area contributed by atoms with Gasteiger partial charge in [0.1, 0.15) is 0 Å². The smallest absolute Gasteiger partial charge is 0.195 e. The van der Waals surface area contributed by atoms with Crippen LogP contribution in [0.25, 0.3) is 4.96 Å². The normalized spacial score (nSPS) is 18.8. The number of rotatable bonds is 4. The molecule has 0 aromatic carbocycles. The van der Waals surface area contributed by atoms with Gasteiger partial charge in [-0.15, -0.1) is 11.3 Å². The van der Waals surface area contributed by atoms with Gasteiger partial charge >= 0.3 is 0 Å². The minimum absolute atomic E-state index is 0.0190. The van der Waals surface area contributed by atoms with Gasteiger partial charge in [-0.2, -0.15) is 0 Å². The maximum absolute atomic E-state index is 5.64. The zero-order chi connectivity index (χ0) is 15.0. The second kappa shape index (κ2) is 5.59. The summed E-state index contributed by atoms with van der Waals surface area (Å²) >= 11 is 1.69. The lowest BCUT2D eigenvalue weighted by Gasteiger charge is -2.42. The van der Waals surface area contributed by atoms with Gasteiger partial charge in [-0.3, -0.25) is 4.40 Å². The van der Waals surface area contributed by atoms with Crippen molar-refractivity contribution in [2.45, 2.75) is 45.8 Å². The standard InChI is InChI=1S/C15H24N4OS/c1-11(2)16-9-12-13(17-14-18(12)6-8-21-14)19-5-7-20-10-15(19,3)4/h6,8,11,16H,5,7,9-10H2,1-4H3. The third-order valence-corrected chi connectivity index (χ3v) is 4.68. The van der Waals surface area contributed by atoms with Crippen molar-refractivity contribution in [1.82, 2.24) is 14.7 Å². The summed E-state index contributed by atoms with van der Waals surface area (Å²) < 4.78 is 7.85. The lowest BCUT2D eigenvalue weighted by molar-refractivity contribution is 0.0638. The van der Waals surface area contributed by atoms with Crippen LogP contribution in [0.2, 0.25) is 0 Å². The topological polar surface area (TPSA) is 41.8 Å². The van der Waals surface area contributed by atoms with E-state index < -0.39 is 0 Å². The van der Waals surface area contributed by atoms with Crippen molar-refractivity contribution < 1.29 is 4.74 Å². The number of morpholine rings is 1. The Morgan fingerprint density at radius 1 is 1.48 bits per heavy atom. The Morgan fingerprint density at radius 3 is 3.00 bits per heavy atom. The number of ether oxygens (including phenoxy) is 1. The molecule has 1 aliphatic rings. The largest absolute Gasteiger partial charge is 0.377 e. The predicted octanol–water partition coefficient (Wildman–Crippen LogP) is 2.51. The molecule has 0 saturated carbocycles. The van der Waals surface area contributed by atoms with Gasteiger partial charge in [-0.1, -0.05) is 13.8 Å². The first-order chi connectivity index (χ1) is 9.99. The molecule has 5 nitrogen and oxygen atoms in total. The number of imidazole rings is 1. The van der Waals surface area contributed by atoms with Crippen LogP contribution in [0.15, 0.2) is 11.6 Å². The number of hydrogen-bond acceptors (Lipinski definition) is 5. The van der Waals surface area contributed by atoms with Crippen molar-refractivity contribution in [2.75, 3.05) is 24.7 Å². The fourth-order valence-corrected chi connectivity index (χ4v) is 3.48. The molecule has 2 aromatic rings. The number of thiazole rings is 1. The lowest BCUT2D eigenvalue weighted by atomic mass is 10.0. The molecule has 21 heavy (non-hydrogen) atoms. The van der Waals surface area contributed by atoms with Gasteiger partial charge in [0.15, 0.2) is 10.8 Å². The Labute approximate surface area is 129 Å². The minimum atomic E-state index is -0.0190.